The van der Waals surface area contributed by atoms with Crippen molar-refractivity contribution in [3.63, 3.8) is 0 Å². The quantitative estimate of drug-likeness (QED) is 0.625. The number of esters is 1. The van der Waals surface area contributed by atoms with Crippen molar-refractivity contribution in [2.24, 2.45) is 4.99 Å². The maximum Gasteiger partial charge on any atom is 0.330 e. The molecule has 3 nitrogen and oxygen atoms in total. The van der Waals surface area contributed by atoms with E-state index in [1.54, 1.807) is 17.6 Å². The molecule has 0 amide bonds. The number of hydrogen-bond donors (Lipinski definition) is 0. The number of hydrogen-bond acceptors (Lipinski definition) is 4. The summed E-state index contributed by atoms with van der Waals surface area (Å²) in [6.45, 7) is 2.04. The van der Waals surface area contributed by atoms with E-state index < -0.39 is 6.04 Å². The second-order valence-electron chi connectivity index (χ2n) is 4.51. The summed E-state index contributed by atoms with van der Waals surface area (Å²) >= 11 is 1.62. The summed E-state index contributed by atoms with van der Waals surface area (Å²) in [6, 6.07) is 11.5. The first-order valence-corrected chi connectivity index (χ1v) is 7.27. The van der Waals surface area contributed by atoms with Gasteiger partial charge < -0.3 is 4.74 Å². The molecular weight excluding hydrogens is 270 g/mol. The fourth-order valence-electron chi connectivity index (χ4n) is 1.78. The van der Waals surface area contributed by atoms with Gasteiger partial charge in [0.05, 0.1) is 7.11 Å². The lowest BCUT2D eigenvalue weighted by atomic mass is 10.1. The van der Waals surface area contributed by atoms with Crippen LogP contribution in [0.25, 0.3) is 0 Å². The summed E-state index contributed by atoms with van der Waals surface area (Å²) in [5, 5.41) is 1.99. The molecule has 104 valence electrons. The number of methoxy groups -OCH3 is 1. The second-order valence-corrected chi connectivity index (χ2v) is 5.54. The molecule has 0 saturated heterocycles. The van der Waals surface area contributed by atoms with E-state index in [9.17, 15) is 4.79 Å². The third-order valence-electron chi connectivity index (χ3n) is 2.93. The van der Waals surface area contributed by atoms with Crippen molar-refractivity contribution in [3.05, 3.63) is 57.8 Å². The fourth-order valence-corrected chi connectivity index (χ4v) is 2.52. The van der Waals surface area contributed by atoms with Crippen LogP contribution >= 0.6 is 11.3 Å². The van der Waals surface area contributed by atoms with Crippen molar-refractivity contribution in [1.82, 2.24) is 0 Å². The summed E-state index contributed by atoms with van der Waals surface area (Å²) in [5.74, 6) is -0.304. The summed E-state index contributed by atoms with van der Waals surface area (Å²) in [6.07, 6.45) is 2.31. The van der Waals surface area contributed by atoms with E-state index in [1.807, 2.05) is 48.7 Å². The zero-order chi connectivity index (χ0) is 14.4. The summed E-state index contributed by atoms with van der Waals surface area (Å²) in [7, 11) is 1.39. The monoisotopic (exact) mass is 287 g/mol. The Hall–Kier alpha value is -1.94. The van der Waals surface area contributed by atoms with Crippen LogP contribution in [0.3, 0.4) is 0 Å². The van der Waals surface area contributed by atoms with Crippen LogP contribution in [0.5, 0.6) is 0 Å². The van der Waals surface area contributed by atoms with E-state index in [-0.39, 0.29) is 5.97 Å². The Morgan fingerprint density at radius 2 is 2.10 bits per heavy atom. The average molecular weight is 287 g/mol. The first-order chi connectivity index (χ1) is 9.69. The van der Waals surface area contributed by atoms with Crippen LogP contribution in [-0.2, 0) is 16.0 Å². The number of benzene rings is 1. The Labute approximate surface area is 122 Å². The molecule has 1 unspecified atom stereocenters. The van der Waals surface area contributed by atoms with Crippen LogP contribution in [-0.4, -0.2) is 25.3 Å². The van der Waals surface area contributed by atoms with Gasteiger partial charge in [0.25, 0.3) is 0 Å². The van der Waals surface area contributed by atoms with E-state index >= 15 is 0 Å². The standard InChI is InChI=1S/C16H17NO2S/c1-12-5-7-13(8-6-12)11-17-15(16(18)19-2)10-14-4-3-9-20-14/h3-9,11,15H,10H2,1-2H3. The Morgan fingerprint density at radius 1 is 1.35 bits per heavy atom. The van der Waals surface area contributed by atoms with E-state index in [1.165, 1.54) is 12.7 Å². The number of thiophene rings is 1. The Kier molecular flexibility index (Phi) is 5.07. The average Bonchev–Trinajstić information content (AvgIpc) is 2.97. The molecule has 2 aromatic rings. The smallest absolute Gasteiger partial charge is 0.330 e. The van der Waals surface area contributed by atoms with Crippen molar-refractivity contribution in [3.8, 4) is 0 Å². The molecule has 0 aliphatic heterocycles. The minimum absolute atomic E-state index is 0.304. The second kappa shape index (κ2) is 7.01. The highest BCUT2D eigenvalue weighted by Gasteiger charge is 2.18. The van der Waals surface area contributed by atoms with Gasteiger partial charge in [-0.3, -0.25) is 4.99 Å². The van der Waals surface area contributed by atoms with Gasteiger partial charge in [0.1, 0.15) is 0 Å². The Morgan fingerprint density at radius 3 is 2.70 bits per heavy atom. The lowest BCUT2D eigenvalue weighted by molar-refractivity contribution is -0.142. The summed E-state index contributed by atoms with van der Waals surface area (Å²) < 4.78 is 4.82. The molecule has 0 spiro atoms. The zero-order valence-electron chi connectivity index (χ0n) is 11.6. The number of nitrogens with zero attached hydrogens (tertiary/aromatic N) is 1. The predicted octanol–water partition coefficient (Wildman–Crippen LogP) is 3.26. The van der Waals surface area contributed by atoms with Gasteiger partial charge in [-0.15, -0.1) is 11.3 Å². The van der Waals surface area contributed by atoms with Gasteiger partial charge in [-0.25, -0.2) is 4.79 Å². The van der Waals surface area contributed by atoms with Crippen molar-refractivity contribution in [1.29, 1.82) is 0 Å². The topological polar surface area (TPSA) is 38.7 Å². The van der Waals surface area contributed by atoms with Gasteiger partial charge in [-0.1, -0.05) is 35.9 Å². The Balaban J connectivity index is 2.10. The molecule has 0 N–H and O–H groups in total. The SMILES string of the molecule is COC(=O)C(Cc1cccs1)N=Cc1ccc(C)cc1. The first-order valence-electron chi connectivity index (χ1n) is 6.39. The van der Waals surface area contributed by atoms with E-state index in [0.717, 1.165) is 10.4 Å². The Bertz CT molecular complexity index is 573. The van der Waals surface area contributed by atoms with Crippen LogP contribution in [0, 0.1) is 6.92 Å². The molecule has 1 atom stereocenters. The molecule has 1 heterocycles. The molecule has 1 aromatic carbocycles. The minimum Gasteiger partial charge on any atom is -0.467 e. The van der Waals surface area contributed by atoms with Crippen molar-refractivity contribution in [2.45, 2.75) is 19.4 Å². The largest absolute Gasteiger partial charge is 0.467 e. The molecule has 0 aliphatic carbocycles. The lowest BCUT2D eigenvalue weighted by Gasteiger charge is -2.08. The van der Waals surface area contributed by atoms with Crippen molar-refractivity contribution >= 4 is 23.5 Å². The van der Waals surface area contributed by atoms with Crippen LogP contribution < -0.4 is 0 Å². The molecular formula is C16H17NO2S. The number of carbonyl (C=O) groups excluding carboxylic acids is 1. The van der Waals surface area contributed by atoms with Crippen LogP contribution in [0.1, 0.15) is 16.0 Å². The van der Waals surface area contributed by atoms with Gasteiger partial charge >= 0.3 is 5.97 Å². The van der Waals surface area contributed by atoms with E-state index in [4.69, 9.17) is 4.74 Å². The molecule has 0 aliphatic rings. The minimum atomic E-state index is -0.486. The number of carbonyl (C=O) groups is 1. The highest BCUT2D eigenvalue weighted by Crippen LogP contribution is 2.14. The van der Waals surface area contributed by atoms with Crippen LogP contribution in [0.4, 0.5) is 0 Å². The summed E-state index contributed by atoms with van der Waals surface area (Å²) in [5.41, 5.74) is 2.18. The number of ether oxygens (including phenoxy) is 1. The number of aliphatic imine (C=N–C) groups is 1. The number of aryl methyl sites for hydroxylation is 1. The number of rotatable bonds is 5. The molecule has 0 radical (unpaired) electrons. The molecule has 1 aromatic heterocycles. The molecule has 2 rings (SSSR count). The van der Waals surface area contributed by atoms with Gasteiger partial charge in [-0.05, 0) is 23.9 Å². The third-order valence-corrected chi connectivity index (χ3v) is 3.83. The van der Waals surface area contributed by atoms with Gasteiger partial charge in [-0.2, -0.15) is 0 Å². The normalized spacial score (nSPS) is 12.5. The third kappa shape index (κ3) is 4.03. The fraction of sp³-hybridized carbons (Fsp3) is 0.250. The van der Waals surface area contributed by atoms with E-state index in [2.05, 4.69) is 4.99 Å². The van der Waals surface area contributed by atoms with Crippen molar-refractivity contribution < 1.29 is 9.53 Å². The van der Waals surface area contributed by atoms with E-state index in [0.29, 0.717) is 6.42 Å². The maximum atomic E-state index is 11.8. The van der Waals surface area contributed by atoms with Gasteiger partial charge in [0.15, 0.2) is 6.04 Å². The van der Waals surface area contributed by atoms with Gasteiger partial charge in [0.2, 0.25) is 0 Å². The summed E-state index contributed by atoms with van der Waals surface area (Å²) in [4.78, 5) is 17.3. The molecule has 4 heteroatoms. The highest BCUT2D eigenvalue weighted by molar-refractivity contribution is 7.09. The maximum absolute atomic E-state index is 11.8. The van der Waals surface area contributed by atoms with Gasteiger partial charge in [0, 0.05) is 17.5 Å². The first kappa shape index (κ1) is 14.5. The zero-order valence-corrected chi connectivity index (χ0v) is 12.4. The molecule has 0 saturated carbocycles. The highest BCUT2D eigenvalue weighted by atomic mass is 32.1. The molecule has 0 bridgehead atoms. The molecule has 0 fully saturated rings. The lowest BCUT2D eigenvalue weighted by Crippen LogP contribution is -2.22. The van der Waals surface area contributed by atoms with Crippen molar-refractivity contribution in [2.75, 3.05) is 7.11 Å². The van der Waals surface area contributed by atoms with Crippen LogP contribution in [0.15, 0.2) is 46.8 Å². The molecule has 20 heavy (non-hydrogen) atoms. The predicted molar refractivity (Wildman–Crippen MR) is 82.6 cm³/mol. The van der Waals surface area contributed by atoms with Crippen LogP contribution in [0.2, 0.25) is 0 Å².